The number of aromatic nitrogens is 3. The van der Waals surface area contributed by atoms with E-state index >= 15 is 4.39 Å². The van der Waals surface area contributed by atoms with Gasteiger partial charge < -0.3 is 4.74 Å². The van der Waals surface area contributed by atoms with Crippen LogP contribution in [-0.2, 0) is 10.8 Å². The molecule has 0 amide bonds. The Morgan fingerprint density at radius 1 is 1.32 bits per heavy atom. The van der Waals surface area contributed by atoms with E-state index in [-0.39, 0.29) is 23.4 Å². The fourth-order valence-corrected chi connectivity index (χ4v) is 3.58. The standard InChI is InChI=1S/C19H13BrFIN4O2/c1-10-19(27)26-25-16(24-10)6-12-2-3-13(8-22)18(17(12)21)28-15-5-11(9-23)4-14(20)7-15/h2-5,7H,6,8H2,1H3,(H,26,27). The van der Waals surface area contributed by atoms with Gasteiger partial charge in [-0.15, -0.1) is 0 Å². The van der Waals surface area contributed by atoms with Gasteiger partial charge in [-0.1, -0.05) is 50.7 Å². The summed E-state index contributed by atoms with van der Waals surface area (Å²) in [5, 5.41) is 15.3. The molecule has 9 heteroatoms. The van der Waals surface area contributed by atoms with E-state index in [1.54, 1.807) is 37.3 Å². The van der Waals surface area contributed by atoms with E-state index in [4.69, 9.17) is 10.00 Å². The highest BCUT2D eigenvalue weighted by atomic mass is 127. The maximum atomic E-state index is 15.2. The molecular formula is C19H13BrFIN4O2. The maximum absolute atomic E-state index is 15.2. The molecule has 0 fully saturated rings. The molecule has 6 nitrogen and oxygen atoms in total. The first-order chi connectivity index (χ1) is 13.4. The Hall–Kier alpha value is -2.32. The molecule has 0 aliphatic heterocycles. The Balaban J connectivity index is 2.00. The Morgan fingerprint density at radius 3 is 2.75 bits per heavy atom. The second kappa shape index (κ2) is 8.79. The van der Waals surface area contributed by atoms with E-state index in [0.29, 0.717) is 37.2 Å². The normalized spacial score (nSPS) is 10.5. The van der Waals surface area contributed by atoms with Crippen LogP contribution in [0, 0.1) is 24.1 Å². The van der Waals surface area contributed by atoms with Gasteiger partial charge in [0.15, 0.2) is 17.4 Å². The van der Waals surface area contributed by atoms with Gasteiger partial charge >= 0.3 is 0 Å². The number of hydrogen-bond acceptors (Lipinski definition) is 5. The number of nitrogens with one attached hydrogen (secondary N) is 1. The third-order valence-corrected chi connectivity index (χ3v) is 5.16. The smallest absolute Gasteiger partial charge is 0.285 e. The van der Waals surface area contributed by atoms with Crippen LogP contribution in [0.25, 0.3) is 0 Å². The summed E-state index contributed by atoms with van der Waals surface area (Å²) >= 11 is 5.45. The molecule has 0 bridgehead atoms. The lowest BCUT2D eigenvalue weighted by atomic mass is 10.1. The van der Waals surface area contributed by atoms with Gasteiger partial charge in [0.25, 0.3) is 5.56 Å². The number of aromatic amines is 1. The van der Waals surface area contributed by atoms with Crippen molar-refractivity contribution >= 4 is 38.5 Å². The molecule has 0 aliphatic carbocycles. The predicted molar refractivity (Wildman–Crippen MR) is 113 cm³/mol. The number of aryl methyl sites for hydroxylation is 1. The van der Waals surface area contributed by atoms with Crippen molar-refractivity contribution in [3.05, 3.63) is 79.2 Å². The monoisotopic (exact) mass is 554 g/mol. The lowest BCUT2D eigenvalue weighted by molar-refractivity contribution is 0.434. The molecule has 3 aromatic rings. The molecule has 2 aromatic carbocycles. The van der Waals surface area contributed by atoms with Crippen molar-refractivity contribution in [1.29, 1.82) is 5.26 Å². The summed E-state index contributed by atoms with van der Waals surface area (Å²) < 4.78 is 22.2. The molecule has 28 heavy (non-hydrogen) atoms. The highest BCUT2D eigenvalue weighted by Gasteiger charge is 2.17. The van der Waals surface area contributed by atoms with Gasteiger partial charge in [-0.05, 0) is 30.7 Å². The number of alkyl halides is 1. The fraction of sp³-hybridized carbons (Fsp3) is 0.158. The van der Waals surface area contributed by atoms with Crippen LogP contribution in [0.15, 0.2) is 39.6 Å². The van der Waals surface area contributed by atoms with E-state index in [2.05, 4.69) is 53.7 Å². The summed E-state index contributed by atoms with van der Waals surface area (Å²) in [5.74, 6) is 0.220. The number of nitrogens with zero attached hydrogens (tertiary/aromatic N) is 3. The zero-order chi connectivity index (χ0) is 20.3. The molecule has 0 radical (unpaired) electrons. The third kappa shape index (κ3) is 4.56. The van der Waals surface area contributed by atoms with Gasteiger partial charge in [-0.3, -0.25) is 4.79 Å². The van der Waals surface area contributed by atoms with Crippen molar-refractivity contribution < 1.29 is 9.13 Å². The molecule has 0 unspecified atom stereocenters. The zero-order valence-corrected chi connectivity index (χ0v) is 18.3. The van der Waals surface area contributed by atoms with Crippen LogP contribution in [0.5, 0.6) is 11.5 Å². The highest BCUT2D eigenvalue weighted by Crippen LogP contribution is 2.34. The van der Waals surface area contributed by atoms with Crippen LogP contribution < -0.4 is 10.3 Å². The van der Waals surface area contributed by atoms with Crippen LogP contribution >= 0.6 is 38.5 Å². The number of nitriles is 1. The fourth-order valence-electron chi connectivity index (χ4n) is 2.51. The first-order valence-corrected chi connectivity index (χ1v) is 10.4. The molecule has 1 aromatic heterocycles. The second-order valence-corrected chi connectivity index (χ2v) is 7.57. The minimum absolute atomic E-state index is 0.0926. The average molecular weight is 555 g/mol. The van der Waals surface area contributed by atoms with Gasteiger partial charge in [0.2, 0.25) is 0 Å². The lowest BCUT2D eigenvalue weighted by Crippen LogP contribution is -2.16. The van der Waals surface area contributed by atoms with E-state index in [1.807, 2.05) is 6.07 Å². The Kier molecular flexibility index (Phi) is 6.41. The molecule has 3 rings (SSSR count). The molecule has 0 saturated heterocycles. The van der Waals surface area contributed by atoms with Crippen molar-refractivity contribution in [3.8, 4) is 17.6 Å². The van der Waals surface area contributed by atoms with E-state index < -0.39 is 5.82 Å². The van der Waals surface area contributed by atoms with Crippen molar-refractivity contribution in [2.75, 3.05) is 0 Å². The summed E-state index contributed by atoms with van der Waals surface area (Å²) in [6.07, 6.45) is 0.100. The third-order valence-electron chi connectivity index (χ3n) is 3.88. The molecule has 0 atom stereocenters. The van der Waals surface area contributed by atoms with Crippen LogP contribution in [0.3, 0.4) is 0 Å². The van der Waals surface area contributed by atoms with E-state index in [0.717, 1.165) is 0 Å². The van der Waals surface area contributed by atoms with Gasteiger partial charge in [0.1, 0.15) is 11.4 Å². The first-order valence-electron chi connectivity index (χ1n) is 8.08. The van der Waals surface area contributed by atoms with Gasteiger partial charge in [-0.2, -0.15) is 10.4 Å². The molecule has 1 N–H and O–H groups in total. The average Bonchev–Trinajstić information content (AvgIpc) is 2.67. The zero-order valence-electron chi connectivity index (χ0n) is 14.6. The van der Waals surface area contributed by atoms with E-state index in [9.17, 15) is 4.79 Å². The topological polar surface area (TPSA) is 91.7 Å². The largest absolute Gasteiger partial charge is 0.454 e. The lowest BCUT2D eigenvalue weighted by Gasteiger charge is -2.14. The molecular weight excluding hydrogens is 542 g/mol. The summed E-state index contributed by atoms with van der Waals surface area (Å²) in [6.45, 7) is 1.56. The summed E-state index contributed by atoms with van der Waals surface area (Å²) in [7, 11) is 0. The van der Waals surface area contributed by atoms with Crippen LogP contribution in [-0.4, -0.2) is 15.2 Å². The van der Waals surface area contributed by atoms with Crippen molar-refractivity contribution in [3.63, 3.8) is 0 Å². The van der Waals surface area contributed by atoms with Crippen LogP contribution in [0.4, 0.5) is 4.39 Å². The molecule has 0 spiro atoms. The van der Waals surface area contributed by atoms with Crippen molar-refractivity contribution in [1.82, 2.24) is 15.2 Å². The van der Waals surface area contributed by atoms with Gasteiger partial charge in [0, 0.05) is 20.9 Å². The number of halogens is 3. The predicted octanol–water partition coefficient (Wildman–Crippen LogP) is 4.56. The van der Waals surface area contributed by atoms with Crippen LogP contribution in [0.2, 0.25) is 0 Å². The minimum Gasteiger partial charge on any atom is -0.454 e. The number of benzene rings is 2. The van der Waals surface area contributed by atoms with Gasteiger partial charge in [0.05, 0.1) is 11.6 Å². The Morgan fingerprint density at radius 2 is 2.07 bits per heavy atom. The number of ether oxygens (including phenoxy) is 1. The second-order valence-electron chi connectivity index (χ2n) is 5.89. The van der Waals surface area contributed by atoms with Crippen LogP contribution in [0.1, 0.15) is 28.2 Å². The van der Waals surface area contributed by atoms with Gasteiger partial charge in [-0.25, -0.2) is 14.5 Å². The number of hydrogen-bond donors (Lipinski definition) is 1. The SMILES string of the molecule is Cc1nc(Cc2ccc(CI)c(Oc3cc(Br)cc(C#N)c3)c2F)n[nH]c1=O. The summed E-state index contributed by atoms with van der Waals surface area (Å²) in [4.78, 5) is 15.5. The number of rotatable bonds is 5. The molecule has 142 valence electrons. The quantitative estimate of drug-likeness (QED) is 0.368. The minimum atomic E-state index is -0.528. The summed E-state index contributed by atoms with van der Waals surface area (Å²) in [6, 6.07) is 10.3. The summed E-state index contributed by atoms with van der Waals surface area (Å²) in [5.41, 5.74) is 1.30. The highest BCUT2D eigenvalue weighted by molar-refractivity contribution is 14.1. The van der Waals surface area contributed by atoms with E-state index in [1.165, 1.54) is 0 Å². The molecule has 0 saturated carbocycles. The van der Waals surface area contributed by atoms with Crippen molar-refractivity contribution in [2.24, 2.45) is 0 Å². The number of H-pyrrole nitrogens is 1. The first kappa shape index (κ1) is 20.4. The Bertz CT molecular complexity index is 1140. The maximum Gasteiger partial charge on any atom is 0.285 e. The Labute approximate surface area is 182 Å². The molecule has 0 aliphatic rings. The van der Waals surface area contributed by atoms with Crippen molar-refractivity contribution in [2.45, 2.75) is 17.8 Å². The molecule has 1 heterocycles.